The third-order valence-electron chi connectivity index (χ3n) is 5.10. The zero-order valence-electron chi connectivity index (χ0n) is 13.7. The van der Waals surface area contributed by atoms with Crippen LogP contribution in [0.1, 0.15) is 43.4 Å². The molecule has 120 valence electrons. The van der Waals surface area contributed by atoms with Crippen molar-refractivity contribution in [3.8, 4) is 0 Å². The van der Waals surface area contributed by atoms with Gasteiger partial charge in [0, 0.05) is 19.1 Å². The van der Waals surface area contributed by atoms with Crippen LogP contribution in [-0.2, 0) is 0 Å². The standard InChI is InChI=1S/C18H27N3O/c1-14-7-3-4-8-17(14)15(2)19-18(22)21-12-9-16(13-21)20-10-5-6-11-20/h3-4,7-8,15-16H,5-6,9-13H2,1-2H3,(H,19,22)/t15-,16+/m1/s1. The molecule has 0 radical (unpaired) electrons. The van der Waals surface area contributed by atoms with Gasteiger partial charge in [0.05, 0.1) is 6.04 Å². The van der Waals surface area contributed by atoms with Gasteiger partial charge in [0.25, 0.3) is 0 Å². The lowest BCUT2D eigenvalue weighted by Gasteiger charge is -2.25. The average Bonchev–Trinajstić information content (AvgIpc) is 3.18. The molecule has 2 saturated heterocycles. The Labute approximate surface area is 133 Å². The van der Waals surface area contributed by atoms with Crippen LogP contribution in [-0.4, -0.2) is 48.1 Å². The first-order chi connectivity index (χ1) is 10.6. The van der Waals surface area contributed by atoms with Crippen LogP contribution in [0, 0.1) is 6.92 Å². The first-order valence-electron chi connectivity index (χ1n) is 8.50. The number of rotatable bonds is 3. The van der Waals surface area contributed by atoms with Gasteiger partial charge in [-0.05, 0) is 57.3 Å². The van der Waals surface area contributed by atoms with E-state index in [4.69, 9.17) is 0 Å². The van der Waals surface area contributed by atoms with Crippen molar-refractivity contribution >= 4 is 6.03 Å². The maximum Gasteiger partial charge on any atom is 0.317 e. The molecule has 2 aliphatic heterocycles. The van der Waals surface area contributed by atoms with E-state index in [1.807, 2.05) is 17.0 Å². The van der Waals surface area contributed by atoms with Crippen LogP contribution in [0.3, 0.4) is 0 Å². The molecule has 0 bridgehead atoms. The minimum Gasteiger partial charge on any atom is -0.331 e. The SMILES string of the molecule is Cc1ccccc1[C@@H](C)NC(=O)N1CC[C@H](N2CCCC2)C1. The predicted octanol–water partition coefficient (Wildman–Crippen LogP) is 2.94. The quantitative estimate of drug-likeness (QED) is 0.931. The van der Waals surface area contributed by atoms with Crippen molar-refractivity contribution in [1.82, 2.24) is 15.1 Å². The average molecular weight is 301 g/mol. The first kappa shape index (κ1) is 15.3. The van der Waals surface area contributed by atoms with Crippen LogP contribution >= 0.6 is 0 Å². The molecule has 4 nitrogen and oxygen atoms in total. The normalized spacial score (nSPS) is 23.7. The van der Waals surface area contributed by atoms with Crippen molar-refractivity contribution in [3.63, 3.8) is 0 Å². The number of urea groups is 1. The highest BCUT2D eigenvalue weighted by Gasteiger charge is 2.31. The Morgan fingerprint density at radius 1 is 1.23 bits per heavy atom. The topological polar surface area (TPSA) is 35.6 Å². The second-order valence-electron chi connectivity index (χ2n) is 6.66. The lowest BCUT2D eigenvalue weighted by molar-refractivity contribution is 0.196. The number of benzene rings is 1. The second-order valence-corrected chi connectivity index (χ2v) is 6.66. The number of hydrogen-bond acceptors (Lipinski definition) is 2. The number of carbonyl (C=O) groups excluding carboxylic acids is 1. The van der Waals surface area contributed by atoms with Crippen molar-refractivity contribution in [2.45, 2.75) is 45.2 Å². The summed E-state index contributed by atoms with van der Waals surface area (Å²) in [6.07, 6.45) is 3.74. The number of aryl methyl sites for hydroxylation is 1. The number of hydrogen-bond donors (Lipinski definition) is 1. The zero-order chi connectivity index (χ0) is 15.5. The van der Waals surface area contributed by atoms with E-state index < -0.39 is 0 Å². The highest BCUT2D eigenvalue weighted by Crippen LogP contribution is 2.22. The van der Waals surface area contributed by atoms with Crippen molar-refractivity contribution in [3.05, 3.63) is 35.4 Å². The number of nitrogens with zero attached hydrogens (tertiary/aromatic N) is 2. The first-order valence-corrected chi connectivity index (χ1v) is 8.50. The van der Waals surface area contributed by atoms with Gasteiger partial charge in [-0.15, -0.1) is 0 Å². The van der Waals surface area contributed by atoms with Crippen LogP contribution in [0.2, 0.25) is 0 Å². The molecule has 1 aromatic carbocycles. The molecule has 2 aliphatic rings. The Hall–Kier alpha value is -1.55. The Morgan fingerprint density at radius 3 is 2.68 bits per heavy atom. The van der Waals surface area contributed by atoms with Crippen molar-refractivity contribution in [1.29, 1.82) is 0 Å². The minimum absolute atomic E-state index is 0.0551. The highest BCUT2D eigenvalue weighted by molar-refractivity contribution is 5.75. The molecule has 0 saturated carbocycles. The van der Waals surface area contributed by atoms with Gasteiger partial charge in [-0.25, -0.2) is 4.79 Å². The Balaban J connectivity index is 1.55. The summed E-state index contributed by atoms with van der Waals surface area (Å²) in [4.78, 5) is 17.0. The second kappa shape index (κ2) is 6.69. The van der Waals surface area contributed by atoms with Crippen LogP contribution in [0.25, 0.3) is 0 Å². The maximum absolute atomic E-state index is 12.5. The van der Waals surface area contributed by atoms with Gasteiger partial charge in [0.15, 0.2) is 0 Å². The Kier molecular flexibility index (Phi) is 4.67. The van der Waals surface area contributed by atoms with Gasteiger partial charge in [0.1, 0.15) is 0 Å². The zero-order valence-corrected chi connectivity index (χ0v) is 13.7. The summed E-state index contributed by atoms with van der Waals surface area (Å²) in [5, 5.41) is 3.16. The highest BCUT2D eigenvalue weighted by atomic mass is 16.2. The predicted molar refractivity (Wildman–Crippen MR) is 88.9 cm³/mol. The molecular weight excluding hydrogens is 274 g/mol. The van der Waals surface area contributed by atoms with Crippen molar-refractivity contribution < 1.29 is 4.79 Å². The molecule has 0 spiro atoms. The Morgan fingerprint density at radius 2 is 1.95 bits per heavy atom. The molecule has 2 fully saturated rings. The molecule has 0 aromatic heterocycles. The monoisotopic (exact) mass is 301 g/mol. The van der Waals surface area contributed by atoms with Crippen molar-refractivity contribution in [2.75, 3.05) is 26.2 Å². The molecule has 2 atom stereocenters. The molecule has 0 unspecified atom stereocenters. The van der Waals surface area contributed by atoms with E-state index in [0.29, 0.717) is 6.04 Å². The summed E-state index contributed by atoms with van der Waals surface area (Å²) in [7, 11) is 0. The van der Waals surface area contributed by atoms with E-state index in [2.05, 4.69) is 36.2 Å². The molecule has 3 rings (SSSR count). The summed E-state index contributed by atoms with van der Waals surface area (Å²) >= 11 is 0. The number of likely N-dealkylation sites (tertiary alicyclic amines) is 2. The number of nitrogens with one attached hydrogen (secondary N) is 1. The fraction of sp³-hybridized carbons (Fsp3) is 0.611. The molecule has 0 aliphatic carbocycles. The molecule has 1 aromatic rings. The molecular formula is C18H27N3O. The van der Waals surface area contributed by atoms with Crippen LogP contribution < -0.4 is 5.32 Å². The van der Waals surface area contributed by atoms with Gasteiger partial charge in [-0.2, -0.15) is 0 Å². The smallest absolute Gasteiger partial charge is 0.317 e. The largest absolute Gasteiger partial charge is 0.331 e. The fourth-order valence-electron chi connectivity index (χ4n) is 3.76. The van der Waals surface area contributed by atoms with E-state index in [1.165, 1.54) is 37.1 Å². The molecule has 4 heteroatoms. The molecule has 2 heterocycles. The molecule has 1 N–H and O–H groups in total. The maximum atomic E-state index is 12.5. The summed E-state index contributed by atoms with van der Waals surface area (Å²) in [6.45, 7) is 8.34. The van der Waals surface area contributed by atoms with E-state index in [1.54, 1.807) is 0 Å². The van der Waals surface area contributed by atoms with Crippen molar-refractivity contribution in [2.24, 2.45) is 0 Å². The lowest BCUT2D eigenvalue weighted by Crippen LogP contribution is -2.42. The van der Waals surface area contributed by atoms with Gasteiger partial charge in [-0.1, -0.05) is 24.3 Å². The summed E-state index contributed by atoms with van der Waals surface area (Å²) in [5.41, 5.74) is 2.43. The minimum atomic E-state index is 0.0551. The summed E-state index contributed by atoms with van der Waals surface area (Å²) in [6, 6.07) is 8.96. The van der Waals surface area contributed by atoms with Crippen LogP contribution in [0.15, 0.2) is 24.3 Å². The number of carbonyl (C=O) groups is 1. The van der Waals surface area contributed by atoms with Gasteiger partial charge < -0.3 is 10.2 Å². The third kappa shape index (κ3) is 3.27. The van der Waals surface area contributed by atoms with Gasteiger partial charge >= 0.3 is 6.03 Å². The van der Waals surface area contributed by atoms with E-state index in [0.717, 1.165) is 19.5 Å². The summed E-state index contributed by atoms with van der Waals surface area (Å²) < 4.78 is 0. The van der Waals surface area contributed by atoms with E-state index in [-0.39, 0.29) is 12.1 Å². The Bertz CT molecular complexity index is 525. The van der Waals surface area contributed by atoms with Gasteiger partial charge in [0.2, 0.25) is 0 Å². The molecule has 22 heavy (non-hydrogen) atoms. The van der Waals surface area contributed by atoms with E-state index >= 15 is 0 Å². The molecule has 2 amide bonds. The third-order valence-corrected chi connectivity index (χ3v) is 5.10. The van der Waals surface area contributed by atoms with E-state index in [9.17, 15) is 4.79 Å². The van der Waals surface area contributed by atoms with Gasteiger partial charge in [-0.3, -0.25) is 4.90 Å². The number of amides is 2. The fourth-order valence-corrected chi connectivity index (χ4v) is 3.76. The van der Waals surface area contributed by atoms with Crippen LogP contribution in [0.4, 0.5) is 4.79 Å². The lowest BCUT2D eigenvalue weighted by atomic mass is 10.0. The van der Waals surface area contributed by atoms with Crippen LogP contribution in [0.5, 0.6) is 0 Å². The summed E-state index contributed by atoms with van der Waals surface area (Å²) in [5.74, 6) is 0.